The molecule has 0 radical (unpaired) electrons. The van der Waals surface area contributed by atoms with Gasteiger partial charge in [-0.15, -0.1) is 0 Å². The molecule has 0 heterocycles. The van der Waals surface area contributed by atoms with Crippen molar-refractivity contribution in [3.05, 3.63) is 93.5 Å². The Morgan fingerprint density at radius 1 is 0.793 bits per heavy atom. The van der Waals surface area contributed by atoms with Crippen LogP contribution in [0.25, 0.3) is 0 Å². The van der Waals surface area contributed by atoms with E-state index in [1.54, 1.807) is 0 Å². The van der Waals surface area contributed by atoms with Crippen molar-refractivity contribution in [3.8, 4) is 11.5 Å². The average molecular weight is 410 g/mol. The van der Waals surface area contributed by atoms with E-state index in [2.05, 4.69) is 61.6 Å². The number of halogens is 1. The van der Waals surface area contributed by atoms with Crippen LogP contribution in [0.3, 0.4) is 0 Å². The molecule has 3 aromatic rings. The highest BCUT2D eigenvalue weighted by molar-refractivity contribution is 6.31. The molecule has 0 fully saturated rings. The van der Waals surface area contributed by atoms with Crippen LogP contribution in [0.15, 0.2) is 60.7 Å². The first-order valence-electron chi connectivity index (χ1n) is 9.95. The Hall–Kier alpha value is -2.49. The Morgan fingerprint density at radius 2 is 1.55 bits per heavy atom. The van der Waals surface area contributed by atoms with E-state index in [1.807, 2.05) is 25.1 Å². The number of hydrogen-bond donors (Lipinski definition) is 1. The Balaban J connectivity index is 1.67. The van der Waals surface area contributed by atoms with Gasteiger partial charge < -0.3 is 14.8 Å². The van der Waals surface area contributed by atoms with Crippen LogP contribution >= 0.6 is 11.6 Å². The van der Waals surface area contributed by atoms with Gasteiger partial charge in [0.25, 0.3) is 0 Å². The third-order valence-electron chi connectivity index (χ3n) is 4.65. The van der Waals surface area contributed by atoms with Crippen LogP contribution < -0.4 is 14.8 Å². The fourth-order valence-electron chi connectivity index (χ4n) is 3.10. The number of ether oxygens (including phenoxy) is 2. The first-order valence-corrected chi connectivity index (χ1v) is 10.3. The van der Waals surface area contributed by atoms with Gasteiger partial charge in [-0.1, -0.05) is 71.3 Å². The molecular formula is C25H28ClNO2. The summed E-state index contributed by atoms with van der Waals surface area (Å²) in [4.78, 5) is 0. The van der Waals surface area contributed by atoms with Crippen molar-refractivity contribution < 1.29 is 9.47 Å². The van der Waals surface area contributed by atoms with E-state index in [-0.39, 0.29) is 0 Å². The smallest absolute Gasteiger partial charge is 0.163 e. The largest absolute Gasteiger partial charge is 0.490 e. The van der Waals surface area contributed by atoms with Crippen molar-refractivity contribution in [2.45, 2.75) is 40.5 Å². The fourth-order valence-corrected chi connectivity index (χ4v) is 3.32. The van der Waals surface area contributed by atoms with Crippen LogP contribution in [0.1, 0.15) is 34.7 Å². The molecule has 3 aromatic carbocycles. The molecule has 0 atom stereocenters. The van der Waals surface area contributed by atoms with E-state index in [0.717, 1.165) is 23.4 Å². The van der Waals surface area contributed by atoms with Gasteiger partial charge in [-0.25, -0.2) is 0 Å². The minimum Gasteiger partial charge on any atom is -0.490 e. The van der Waals surface area contributed by atoms with Gasteiger partial charge in [-0.05, 0) is 43.5 Å². The first-order chi connectivity index (χ1) is 14.0. The molecule has 0 spiro atoms. The Labute approximate surface area is 178 Å². The maximum Gasteiger partial charge on any atom is 0.163 e. The van der Waals surface area contributed by atoms with Crippen molar-refractivity contribution in [1.82, 2.24) is 5.32 Å². The summed E-state index contributed by atoms with van der Waals surface area (Å²) in [6, 6.07) is 20.6. The van der Waals surface area contributed by atoms with Gasteiger partial charge in [0.2, 0.25) is 0 Å². The predicted molar refractivity (Wildman–Crippen MR) is 120 cm³/mol. The van der Waals surface area contributed by atoms with E-state index in [9.17, 15) is 0 Å². The number of hydrogen-bond acceptors (Lipinski definition) is 3. The molecule has 0 aliphatic rings. The predicted octanol–water partition coefficient (Wildman–Crippen LogP) is 6.22. The molecular weight excluding hydrogens is 382 g/mol. The summed E-state index contributed by atoms with van der Waals surface area (Å²) in [6.07, 6.45) is 0. The van der Waals surface area contributed by atoms with Crippen molar-refractivity contribution >= 4 is 11.6 Å². The van der Waals surface area contributed by atoms with Crippen molar-refractivity contribution in [3.63, 3.8) is 0 Å². The molecule has 1 N–H and O–H groups in total. The minimum atomic E-state index is 0.475. The lowest BCUT2D eigenvalue weighted by Crippen LogP contribution is -2.13. The van der Waals surface area contributed by atoms with Crippen LogP contribution in [-0.2, 0) is 19.7 Å². The van der Waals surface area contributed by atoms with E-state index in [4.69, 9.17) is 21.1 Å². The molecule has 3 nitrogen and oxygen atoms in total. The summed E-state index contributed by atoms with van der Waals surface area (Å²) in [6.45, 7) is 8.62. The maximum absolute atomic E-state index is 6.54. The van der Waals surface area contributed by atoms with Gasteiger partial charge in [-0.2, -0.15) is 0 Å². The van der Waals surface area contributed by atoms with Gasteiger partial charge >= 0.3 is 0 Å². The molecule has 0 unspecified atom stereocenters. The van der Waals surface area contributed by atoms with Gasteiger partial charge in [0.15, 0.2) is 11.5 Å². The summed E-state index contributed by atoms with van der Waals surface area (Å²) in [5.74, 6) is 1.39. The molecule has 29 heavy (non-hydrogen) atoms. The Kier molecular flexibility index (Phi) is 7.56. The van der Waals surface area contributed by atoms with Crippen molar-refractivity contribution in [1.29, 1.82) is 0 Å². The molecule has 0 amide bonds. The number of benzene rings is 3. The Morgan fingerprint density at radius 3 is 2.28 bits per heavy atom. The second-order valence-corrected chi connectivity index (χ2v) is 7.60. The van der Waals surface area contributed by atoms with Gasteiger partial charge in [0, 0.05) is 24.2 Å². The third-order valence-corrected chi connectivity index (χ3v) is 5.01. The topological polar surface area (TPSA) is 30.5 Å². The molecule has 3 rings (SSSR count). The standard InChI is InChI=1S/C25H28ClNO2/c1-4-28-24-13-22(16-27-15-20-10-8-18(2)9-11-20)23(26)14-25(24)29-17-21-7-5-6-19(3)12-21/h5-14,27H,4,15-17H2,1-3H3. The highest BCUT2D eigenvalue weighted by atomic mass is 35.5. The van der Waals surface area contributed by atoms with E-state index in [0.29, 0.717) is 30.5 Å². The number of nitrogens with one attached hydrogen (secondary N) is 1. The quantitative estimate of drug-likeness (QED) is 0.454. The summed E-state index contributed by atoms with van der Waals surface area (Å²) < 4.78 is 11.8. The zero-order valence-corrected chi connectivity index (χ0v) is 18.1. The highest BCUT2D eigenvalue weighted by Crippen LogP contribution is 2.34. The minimum absolute atomic E-state index is 0.475. The summed E-state index contributed by atoms with van der Waals surface area (Å²) in [5.41, 5.74) is 5.83. The zero-order chi connectivity index (χ0) is 20.6. The zero-order valence-electron chi connectivity index (χ0n) is 17.3. The second-order valence-electron chi connectivity index (χ2n) is 7.19. The number of aryl methyl sites for hydroxylation is 2. The molecule has 0 aliphatic carbocycles. The number of rotatable bonds is 9. The van der Waals surface area contributed by atoms with Crippen LogP contribution in [0.5, 0.6) is 11.5 Å². The van der Waals surface area contributed by atoms with Crippen LogP contribution in [0.4, 0.5) is 0 Å². The Bertz CT molecular complexity index is 938. The lowest BCUT2D eigenvalue weighted by atomic mass is 10.1. The van der Waals surface area contributed by atoms with Crippen molar-refractivity contribution in [2.24, 2.45) is 0 Å². The van der Waals surface area contributed by atoms with E-state index in [1.165, 1.54) is 16.7 Å². The molecule has 0 aromatic heterocycles. The third kappa shape index (κ3) is 6.25. The van der Waals surface area contributed by atoms with Gasteiger partial charge in [0.1, 0.15) is 6.61 Å². The average Bonchev–Trinajstić information content (AvgIpc) is 2.70. The monoisotopic (exact) mass is 409 g/mol. The highest BCUT2D eigenvalue weighted by Gasteiger charge is 2.12. The lowest BCUT2D eigenvalue weighted by molar-refractivity contribution is 0.269. The molecule has 4 heteroatoms. The van der Waals surface area contributed by atoms with E-state index < -0.39 is 0 Å². The fraction of sp³-hybridized carbons (Fsp3) is 0.280. The summed E-state index contributed by atoms with van der Waals surface area (Å²) in [7, 11) is 0. The lowest BCUT2D eigenvalue weighted by Gasteiger charge is -2.15. The summed E-state index contributed by atoms with van der Waals surface area (Å²) in [5, 5.41) is 4.12. The van der Waals surface area contributed by atoms with Gasteiger partial charge in [0.05, 0.1) is 6.61 Å². The summed E-state index contributed by atoms with van der Waals surface area (Å²) >= 11 is 6.54. The maximum atomic E-state index is 6.54. The molecule has 0 saturated carbocycles. The SMILES string of the molecule is CCOc1cc(CNCc2ccc(C)cc2)c(Cl)cc1OCc1cccc(C)c1. The molecule has 0 saturated heterocycles. The molecule has 0 bridgehead atoms. The van der Waals surface area contributed by atoms with E-state index >= 15 is 0 Å². The molecule has 152 valence electrons. The first kappa shape index (κ1) is 21.2. The van der Waals surface area contributed by atoms with Crippen molar-refractivity contribution in [2.75, 3.05) is 6.61 Å². The van der Waals surface area contributed by atoms with Crippen LogP contribution in [0, 0.1) is 13.8 Å². The van der Waals surface area contributed by atoms with Crippen LogP contribution in [-0.4, -0.2) is 6.61 Å². The van der Waals surface area contributed by atoms with Gasteiger partial charge in [-0.3, -0.25) is 0 Å². The normalized spacial score (nSPS) is 10.8. The second kappa shape index (κ2) is 10.3. The van der Waals surface area contributed by atoms with Crippen LogP contribution in [0.2, 0.25) is 5.02 Å². The molecule has 0 aliphatic heterocycles.